The highest BCUT2D eigenvalue weighted by molar-refractivity contribution is 5.76. The molecule has 0 fully saturated rings. The van der Waals surface area contributed by atoms with Gasteiger partial charge in [-0.25, -0.2) is 0 Å². The van der Waals surface area contributed by atoms with Crippen LogP contribution in [0.2, 0.25) is 0 Å². The largest absolute Gasteiger partial charge is 0.481 e. The Hall–Kier alpha value is -3.78. The minimum atomic E-state index is -0.829. The van der Waals surface area contributed by atoms with Crippen LogP contribution in [-0.4, -0.2) is 32.4 Å². The van der Waals surface area contributed by atoms with Gasteiger partial charge in [0, 0.05) is 36.6 Å². The van der Waals surface area contributed by atoms with E-state index in [1.165, 1.54) is 11.1 Å². The number of benzene rings is 2. The number of aliphatic carboxylic acids is 1. The van der Waals surface area contributed by atoms with Gasteiger partial charge in [0.05, 0.1) is 30.1 Å². The summed E-state index contributed by atoms with van der Waals surface area (Å²) in [6.07, 6.45) is 4.78. The monoisotopic (exact) mass is 430 g/mol. The zero-order valence-electron chi connectivity index (χ0n) is 18.1. The van der Waals surface area contributed by atoms with Crippen molar-refractivity contribution in [2.45, 2.75) is 25.8 Å². The lowest BCUT2D eigenvalue weighted by molar-refractivity contribution is -0.136. The van der Waals surface area contributed by atoms with Gasteiger partial charge in [-0.05, 0) is 48.2 Å². The first kappa shape index (κ1) is 20.1. The minimum Gasteiger partial charge on any atom is -0.481 e. The molecule has 0 radical (unpaired) electrons. The molecule has 2 aromatic carbocycles. The summed E-state index contributed by atoms with van der Waals surface area (Å²) in [5.41, 5.74) is 15.0. The molecule has 0 amide bonds. The van der Waals surface area contributed by atoms with E-state index in [-0.39, 0.29) is 12.5 Å². The van der Waals surface area contributed by atoms with Crippen LogP contribution in [0.15, 0.2) is 60.6 Å². The normalized spacial score (nSPS) is 17.4. The quantitative estimate of drug-likeness (QED) is 0.493. The van der Waals surface area contributed by atoms with Crippen molar-refractivity contribution in [2.24, 2.45) is 7.05 Å². The Labute approximate surface area is 186 Å². The molecule has 1 aromatic heterocycles. The molecule has 1 unspecified atom stereocenters. The van der Waals surface area contributed by atoms with E-state index in [2.05, 4.69) is 51.5 Å². The lowest BCUT2D eigenvalue weighted by Crippen LogP contribution is -2.37. The summed E-state index contributed by atoms with van der Waals surface area (Å²) in [6, 6.07) is 14.3. The van der Waals surface area contributed by atoms with Crippen LogP contribution in [0.5, 0.6) is 0 Å². The van der Waals surface area contributed by atoms with Crippen molar-refractivity contribution in [3.05, 3.63) is 77.2 Å². The Bertz CT molecular complexity index is 1210. The van der Waals surface area contributed by atoms with Crippen molar-refractivity contribution < 1.29 is 9.90 Å². The molecule has 0 bridgehead atoms. The Kier molecular flexibility index (Phi) is 5.07. The molecule has 2 aliphatic heterocycles. The molecule has 32 heavy (non-hydrogen) atoms. The number of aryl methyl sites for hydroxylation is 1. The first-order valence-corrected chi connectivity index (χ1v) is 10.7. The Morgan fingerprint density at radius 3 is 2.91 bits per heavy atom. The number of hydrogen-bond donors (Lipinski definition) is 4. The van der Waals surface area contributed by atoms with Gasteiger partial charge in [0.25, 0.3) is 0 Å². The van der Waals surface area contributed by atoms with Crippen LogP contribution < -0.4 is 16.3 Å². The number of carboxylic acid groups (broad SMARTS) is 1. The zero-order chi connectivity index (χ0) is 22.2. The lowest BCUT2D eigenvalue weighted by Gasteiger charge is -2.22. The van der Waals surface area contributed by atoms with Crippen LogP contribution in [0, 0.1) is 0 Å². The number of nitrogens with zero attached hydrogens (tertiary/aromatic N) is 3. The van der Waals surface area contributed by atoms with Gasteiger partial charge in [0.15, 0.2) is 0 Å². The summed E-state index contributed by atoms with van der Waals surface area (Å²) in [7, 11) is 1.92. The Morgan fingerprint density at radius 1 is 1.25 bits per heavy atom. The third-order valence-electron chi connectivity index (χ3n) is 5.99. The van der Waals surface area contributed by atoms with E-state index >= 15 is 0 Å². The standard InChI is InChI=1S/C24H26N6O2/c1-15-24-20-7-6-17(18-13-25-29(2)14-18)12-21(20)22(8-9-30(24)28-27-15)26-19-5-3-4-16(10-19)11-23(31)32/h3-7,10,12-14,22,26-28H,8-9,11H2,1-2H3,(H,31,32). The maximum atomic E-state index is 11.1. The smallest absolute Gasteiger partial charge is 0.307 e. The van der Waals surface area contributed by atoms with Crippen molar-refractivity contribution in [3.63, 3.8) is 0 Å². The lowest BCUT2D eigenvalue weighted by atomic mass is 9.93. The van der Waals surface area contributed by atoms with Crippen LogP contribution in [0.1, 0.15) is 36.1 Å². The van der Waals surface area contributed by atoms with Crippen molar-refractivity contribution >= 4 is 17.4 Å². The van der Waals surface area contributed by atoms with E-state index in [4.69, 9.17) is 5.11 Å². The molecule has 8 nitrogen and oxygen atoms in total. The SMILES string of the molecule is CC1=C2c3ccc(-c4cnn(C)c4)cc3C(Nc3cccc(CC(=O)O)c3)CCN2NN1. The molecular weight excluding hydrogens is 404 g/mol. The molecule has 0 saturated heterocycles. The van der Waals surface area contributed by atoms with E-state index in [0.717, 1.165) is 46.7 Å². The highest BCUT2D eigenvalue weighted by Crippen LogP contribution is 2.39. The molecule has 0 saturated carbocycles. The van der Waals surface area contributed by atoms with Crippen molar-refractivity contribution in [2.75, 3.05) is 11.9 Å². The third-order valence-corrected chi connectivity index (χ3v) is 5.99. The molecule has 8 heteroatoms. The molecule has 0 spiro atoms. The van der Waals surface area contributed by atoms with Crippen LogP contribution in [0.3, 0.4) is 0 Å². The number of aromatic nitrogens is 2. The molecule has 1 atom stereocenters. The van der Waals surface area contributed by atoms with Gasteiger partial charge in [0.2, 0.25) is 0 Å². The fourth-order valence-electron chi connectivity index (χ4n) is 4.51. The molecule has 3 heterocycles. The number of carboxylic acids is 1. The average Bonchev–Trinajstić information content (AvgIpc) is 3.32. The average molecular weight is 431 g/mol. The minimum absolute atomic E-state index is 0.0113. The molecule has 2 aliphatic rings. The summed E-state index contributed by atoms with van der Waals surface area (Å²) in [5, 5.41) is 19.3. The molecule has 164 valence electrons. The van der Waals surface area contributed by atoms with Crippen molar-refractivity contribution in [1.82, 2.24) is 25.7 Å². The van der Waals surface area contributed by atoms with Gasteiger partial charge in [-0.15, -0.1) is 5.53 Å². The number of rotatable bonds is 5. The molecule has 4 N–H and O–H groups in total. The molecule has 5 rings (SSSR count). The summed E-state index contributed by atoms with van der Waals surface area (Å²) in [5.74, 6) is -0.829. The maximum Gasteiger partial charge on any atom is 0.307 e. The van der Waals surface area contributed by atoms with Crippen LogP contribution in [0.25, 0.3) is 16.8 Å². The predicted octanol–water partition coefficient (Wildman–Crippen LogP) is 3.28. The Morgan fingerprint density at radius 2 is 2.12 bits per heavy atom. The summed E-state index contributed by atoms with van der Waals surface area (Å²) in [4.78, 5) is 11.1. The fourth-order valence-corrected chi connectivity index (χ4v) is 4.51. The van der Waals surface area contributed by atoms with Crippen molar-refractivity contribution in [3.8, 4) is 11.1 Å². The van der Waals surface area contributed by atoms with Gasteiger partial charge >= 0.3 is 5.97 Å². The number of allylic oxidation sites excluding steroid dienone is 1. The van der Waals surface area contributed by atoms with Crippen LogP contribution in [0.4, 0.5) is 5.69 Å². The zero-order valence-corrected chi connectivity index (χ0v) is 18.1. The van der Waals surface area contributed by atoms with E-state index in [1.54, 1.807) is 0 Å². The maximum absolute atomic E-state index is 11.1. The number of fused-ring (bicyclic) bond motifs is 3. The first-order valence-electron chi connectivity index (χ1n) is 10.7. The van der Waals surface area contributed by atoms with Gasteiger partial charge in [0.1, 0.15) is 0 Å². The van der Waals surface area contributed by atoms with Gasteiger partial charge in [-0.3, -0.25) is 14.5 Å². The Balaban J connectivity index is 1.56. The highest BCUT2D eigenvalue weighted by Gasteiger charge is 2.30. The summed E-state index contributed by atoms with van der Waals surface area (Å²) >= 11 is 0. The number of anilines is 1. The van der Waals surface area contributed by atoms with E-state index in [1.807, 2.05) is 48.4 Å². The van der Waals surface area contributed by atoms with Crippen LogP contribution in [-0.2, 0) is 18.3 Å². The number of hydrogen-bond acceptors (Lipinski definition) is 6. The van der Waals surface area contributed by atoms with E-state index in [9.17, 15) is 4.79 Å². The first-order chi connectivity index (χ1) is 15.5. The van der Waals surface area contributed by atoms with Crippen molar-refractivity contribution in [1.29, 1.82) is 0 Å². The van der Waals surface area contributed by atoms with Crippen LogP contribution >= 0.6 is 0 Å². The number of carbonyl (C=O) groups is 1. The third kappa shape index (κ3) is 3.80. The van der Waals surface area contributed by atoms with Gasteiger partial charge in [-0.1, -0.05) is 24.3 Å². The number of hydrazine groups is 2. The fraction of sp³-hybridized carbons (Fsp3) is 0.250. The topological polar surface area (TPSA) is 94.5 Å². The number of nitrogens with one attached hydrogen (secondary N) is 3. The summed E-state index contributed by atoms with van der Waals surface area (Å²) in [6.45, 7) is 2.90. The second-order valence-corrected chi connectivity index (χ2v) is 8.32. The van der Waals surface area contributed by atoms with E-state index < -0.39 is 5.97 Å². The molecular formula is C24H26N6O2. The highest BCUT2D eigenvalue weighted by atomic mass is 16.4. The van der Waals surface area contributed by atoms with E-state index in [0.29, 0.717) is 0 Å². The molecule has 0 aliphatic carbocycles. The predicted molar refractivity (Wildman–Crippen MR) is 123 cm³/mol. The van der Waals surface area contributed by atoms with Gasteiger partial charge < -0.3 is 15.8 Å². The second kappa shape index (κ2) is 8.05. The van der Waals surface area contributed by atoms with Gasteiger partial charge in [-0.2, -0.15) is 5.10 Å². The molecule has 3 aromatic rings. The second-order valence-electron chi connectivity index (χ2n) is 8.32. The summed E-state index contributed by atoms with van der Waals surface area (Å²) < 4.78 is 1.81.